The highest BCUT2D eigenvalue weighted by Gasteiger charge is 2.25. The number of furan rings is 1. The molecule has 0 fully saturated rings. The average Bonchev–Trinajstić information content (AvgIpc) is 3.23. The zero-order chi connectivity index (χ0) is 23.5. The maximum atomic E-state index is 12.2. The Hall–Kier alpha value is -3.33. The van der Waals surface area contributed by atoms with Gasteiger partial charge in [-0.3, -0.25) is 9.59 Å². The number of nitrogens with zero attached hydrogens (tertiary/aromatic N) is 1. The van der Waals surface area contributed by atoms with E-state index in [4.69, 9.17) is 19.4 Å². The van der Waals surface area contributed by atoms with Crippen LogP contribution in [0.4, 0.5) is 0 Å². The van der Waals surface area contributed by atoms with E-state index in [0.717, 1.165) is 30.7 Å². The van der Waals surface area contributed by atoms with Crippen LogP contribution in [0.5, 0.6) is 5.75 Å². The second-order valence-corrected chi connectivity index (χ2v) is 7.72. The molecule has 0 bridgehead atoms. The van der Waals surface area contributed by atoms with Crippen LogP contribution in [0.15, 0.2) is 40.8 Å². The molecule has 1 amide bonds. The van der Waals surface area contributed by atoms with Crippen LogP contribution in [0.25, 0.3) is 11.3 Å². The van der Waals surface area contributed by atoms with Gasteiger partial charge in [0.2, 0.25) is 0 Å². The number of carboxylic acid groups (broad SMARTS) is 2. The minimum absolute atomic E-state index is 0.105. The van der Waals surface area contributed by atoms with Crippen molar-refractivity contribution in [3.8, 4) is 17.1 Å². The van der Waals surface area contributed by atoms with Crippen molar-refractivity contribution in [2.75, 3.05) is 27.2 Å². The Kier molecular flexibility index (Phi) is 9.75. The minimum atomic E-state index is -1.54. The van der Waals surface area contributed by atoms with E-state index in [0.29, 0.717) is 12.4 Å². The molecule has 1 aromatic heterocycles. The maximum absolute atomic E-state index is 12.2. The van der Waals surface area contributed by atoms with Crippen LogP contribution in [0.2, 0.25) is 0 Å². The lowest BCUT2D eigenvalue weighted by Crippen LogP contribution is -2.42. The number of unbranched alkanes of at least 4 members (excludes halogenated alkanes) is 3. The lowest BCUT2D eigenvalue weighted by atomic mass is 10.1. The molecule has 9 nitrogen and oxygen atoms in total. The van der Waals surface area contributed by atoms with Crippen LogP contribution in [0.3, 0.4) is 0 Å². The van der Waals surface area contributed by atoms with Crippen LogP contribution >= 0.6 is 0 Å². The van der Waals surface area contributed by atoms with Gasteiger partial charge in [0, 0.05) is 5.56 Å². The van der Waals surface area contributed by atoms with Gasteiger partial charge in [-0.2, -0.15) is 0 Å². The lowest BCUT2D eigenvalue weighted by Gasteiger charge is -2.11. The highest BCUT2D eigenvalue weighted by molar-refractivity contribution is 5.95. The van der Waals surface area contributed by atoms with Gasteiger partial charge in [0.1, 0.15) is 17.6 Å². The highest BCUT2D eigenvalue weighted by atomic mass is 16.5. The molecule has 0 radical (unpaired) electrons. The number of hydrogen-bond donors (Lipinski definition) is 3. The molecule has 174 valence electrons. The van der Waals surface area contributed by atoms with Crippen molar-refractivity contribution in [3.05, 3.63) is 42.2 Å². The largest absolute Gasteiger partial charge is 0.494 e. The Bertz CT molecular complexity index is 890. The fourth-order valence-electron chi connectivity index (χ4n) is 3.01. The van der Waals surface area contributed by atoms with Gasteiger partial charge in [-0.05, 0) is 69.9 Å². The number of hydrogen-bond acceptors (Lipinski definition) is 6. The summed E-state index contributed by atoms with van der Waals surface area (Å²) in [7, 11) is 4.14. The number of nitrogens with one attached hydrogen (secondary N) is 1. The van der Waals surface area contributed by atoms with Crippen molar-refractivity contribution in [3.63, 3.8) is 0 Å². The topological polar surface area (TPSA) is 129 Å². The molecular formula is C23H30N2O7. The molecule has 1 heterocycles. The Labute approximate surface area is 187 Å². The summed E-state index contributed by atoms with van der Waals surface area (Å²) in [6.07, 6.45) is 3.75. The Morgan fingerprint density at radius 2 is 1.69 bits per heavy atom. The fraction of sp³-hybridized carbons (Fsp3) is 0.435. The number of rotatable bonds is 14. The van der Waals surface area contributed by atoms with E-state index in [1.807, 2.05) is 12.1 Å². The molecule has 1 aromatic carbocycles. The van der Waals surface area contributed by atoms with E-state index in [1.54, 1.807) is 18.2 Å². The number of benzene rings is 1. The Morgan fingerprint density at radius 1 is 1.00 bits per heavy atom. The molecule has 0 spiro atoms. The van der Waals surface area contributed by atoms with Gasteiger partial charge in [-0.15, -0.1) is 0 Å². The second kappa shape index (κ2) is 12.5. The van der Waals surface area contributed by atoms with Crippen LogP contribution in [-0.2, 0) is 9.59 Å². The van der Waals surface area contributed by atoms with Crippen LogP contribution in [0.1, 0.15) is 42.7 Å². The van der Waals surface area contributed by atoms with Gasteiger partial charge in [0.05, 0.1) is 13.0 Å². The minimum Gasteiger partial charge on any atom is -0.494 e. The predicted molar refractivity (Wildman–Crippen MR) is 118 cm³/mol. The third-order valence-corrected chi connectivity index (χ3v) is 4.72. The molecule has 0 aliphatic rings. The quantitative estimate of drug-likeness (QED) is 0.378. The number of carbonyl (C=O) groups excluding carboxylic acids is 1. The molecule has 2 aromatic rings. The summed E-state index contributed by atoms with van der Waals surface area (Å²) in [6, 6.07) is 8.69. The first-order valence-corrected chi connectivity index (χ1v) is 10.5. The lowest BCUT2D eigenvalue weighted by molar-refractivity contribution is -0.145. The zero-order valence-corrected chi connectivity index (χ0v) is 18.4. The number of ether oxygens (including phenoxy) is 1. The van der Waals surface area contributed by atoms with E-state index in [2.05, 4.69) is 24.3 Å². The van der Waals surface area contributed by atoms with E-state index in [1.165, 1.54) is 18.9 Å². The van der Waals surface area contributed by atoms with Gasteiger partial charge < -0.3 is 29.6 Å². The number of amides is 1. The molecule has 0 aliphatic carbocycles. The van der Waals surface area contributed by atoms with Crippen LogP contribution in [0, 0.1) is 0 Å². The standard InChI is InChI=1S/C23H30N2O7/c1-25(2)13-5-3-4-6-14-31-17-9-7-16(8-10-17)19-11-12-20(32-19)22(28)24-18(23(29)30)15-21(26)27/h7-12,18H,3-6,13-15H2,1-2H3,(H,24,28)(H,26,27)(H,29,30)/t18-/m0/s1. The van der Waals surface area contributed by atoms with E-state index in [-0.39, 0.29) is 5.76 Å². The summed E-state index contributed by atoms with van der Waals surface area (Å²) in [6.45, 7) is 1.74. The Balaban J connectivity index is 1.84. The van der Waals surface area contributed by atoms with Crippen molar-refractivity contribution in [2.45, 2.75) is 38.1 Å². The summed E-state index contributed by atoms with van der Waals surface area (Å²) in [5.74, 6) is -2.50. The normalized spacial score (nSPS) is 11.8. The third kappa shape index (κ3) is 8.43. The SMILES string of the molecule is CN(C)CCCCCCOc1ccc(-c2ccc(C(=O)N[C@@H](CC(=O)O)C(=O)O)o2)cc1. The predicted octanol–water partition coefficient (Wildman–Crippen LogP) is 3.11. The first kappa shape index (κ1) is 24.9. The summed E-state index contributed by atoms with van der Waals surface area (Å²) in [4.78, 5) is 36.2. The highest BCUT2D eigenvalue weighted by Crippen LogP contribution is 2.25. The molecule has 2 rings (SSSR count). The first-order valence-electron chi connectivity index (χ1n) is 10.5. The van der Waals surface area contributed by atoms with Gasteiger partial charge >= 0.3 is 11.9 Å². The molecule has 9 heteroatoms. The first-order chi connectivity index (χ1) is 15.3. The zero-order valence-electron chi connectivity index (χ0n) is 18.4. The second-order valence-electron chi connectivity index (χ2n) is 7.72. The average molecular weight is 447 g/mol. The molecular weight excluding hydrogens is 416 g/mol. The van der Waals surface area contributed by atoms with Gasteiger partial charge in [0.15, 0.2) is 5.76 Å². The van der Waals surface area contributed by atoms with Crippen molar-refractivity contribution < 1.29 is 33.8 Å². The van der Waals surface area contributed by atoms with E-state index >= 15 is 0 Å². The van der Waals surface area contributed by atoms with Crippen molar-refractivity contribution >= 4 is 17.8 Å². The molecule has 32 heavy (non-hydrogen) atoms. The summed E-state index contributed by atoms with van der Waals surface area (Å²) >= 11 is 0. The summed E-state index contributed by atoms with van der Waals surface area (Å²) in [5.41, 5.74) is 0.723. The Morgan fingerprint density at radius 3 is 2.31 bits per heavy atom. The van der Waals surface area contributed by atoms with Crippen molar-refractivity contribution in [1.29, 1.82) is 0 Å². The molecule has 1 atom stereocenters. The molecule has 0 aliphatic heterocycles. The van der Waals surface area contributed by atoms with Crippen molar-refractivity contribution in [2.24, 2.45) is 0 Å². The molecule has 0 unspecified atom stereocenters. The molecule has 3 N–H and O–H groups in total. The monoisotopic (exact) mass is 446 g/mol. The third-order valence-electron chi connectivity index (χ3n) is 4.72. The smallest absolute Gasteiger partial charge is 0.326 e. The van der Waals surface area contributed by atoms with Crippen LogP contribution < -0.4 is 10.1 Å². The maximum Gasteiger partial charge on any atom is 0.326 e. The summed E-state index contributed by atoms with van der Waals surface area (Å²) in [5, 5.41) is 20.0. The number of aliphatic carboxylic acids is 2. The van der Waals surface area contributed by atoms with Crippen molar-refractivity contribution in [1.82, 2.24) is 10.2 Å². The fourth-order valence-corrected chi connectivity index (χ4v) is 3.01. The van der Waals surface area contributed by atoms with Crippen LogP contribution in [-0.4, -0.2) is 66.2 Å². The van der Waals surface area contributed by atoms with Gasteiger partial charge in [-0.25, -0.2) is 4.79 Å². The number of carboxylic acids is 2. The van der Waals surface area contributed by atoms with E-state index < -0.39 is 30.3 Å². The number of carbonyl (C=O) groups is 3. The van der Waals surface area contributed by atoms with Gasteiger partial charge in [0.25, 0.3) is 5.91 Å². The molecule has 0 saturated heterocycles. The molecule has 0 saturated carbocycles. The van der Waals surface area contributed by atoms with Gasteiger partial charge in [-0.1, -0.05) is 12.8 Å². The van der Waals surface area contributed by atoms with E-state index in [9.17, 15) is 14.4 Å². The summed E-state index contributed by atoms with van der Waals surface area (Å²) < 4.78 is 11.3.